The number of benzene rings is 3. The van der Waals surface area contributed by atoms with E-state index in [1.807, 2.05) is 0 Å². The molecule has 0 saturated carbocycles. The number of hydrogen-bond acceptors (Lipinski definition) is 3. The average Bonchev–Trinajstić information content (AvgIpc) is 2.74. The quantitative estimate of drug-likeness (QED) is 0.484. The molecule has 0 aliphatic heterocycles. The molecule has 0 saturated heterocycles. The number of nitrogens with one attached hydrogen (secondary N) is 3. The Kier molecular flexibility index (Phi) is 7.12. The Morgan fingerprint density at radius 2 is 1.39 bits per heavy atom. The lowest BCUT2D eigenvalue weighted by atomic mass is 10.1. The first kappa shape index (κ1) is 23.5. The zero-order valence-corrected chi connectivity index (χ0v) is 17.5. The number of carbonyl (C=O) groups is 3. The summed E-state index contributed by atoms with van der Waals surface area (Å²) in [6.07, 6.45) is -4.45. The van der Waals surface area contributed by atoms with E-state index in [2.05, 4.69) is 16.0 Å². The molecule has 3 N–H and O–H groups in total. The fraction of sp³-hybridized carbons (Fsp3) is 0.125. The van der Waals surface area contributed by atoms with Crippen molar-refractivity contribution in [1.82, 2.24) is 0 Å². The summed E-state index contributed by atoms with van der Waals surface area (Å²) in [5.74, 6) is -1.13. The van der Waals surface area contributed by atoms with Gasteiger partial charge in [-0.2, -0.15) is 13.2 Å². The van der Waals surface area contributed by atoms with Crippen LogP contribution in [0.1, 0.15) is 28.4 Å². The van der Waals surface area contributed by atoms with Crippen LogP contribution in [0.4, 0.5) is 30.2 Å². The number of anilines is 3. The molecule has 3 aromatic rings. The van der Waals surface area contributed by atoms with Crippen LogP contribution in [-0.2, 0) is 22.2 Å². The lowest BCUT2D eigenvalue weighted by molar-refractivity contribution is -0.137. The molecule has 0 unspecified atom stereocenters. The molecule has 170 valence electrons. The van der Waals surface area contributed by atoms with E-state index in [-0.39, 0.29) is 29.5 Å². The minimum Gasteiger partial charge on any atom is -0.326 e. The highest BCUT2D eigenvalue weighted by molar-refractivity contribution is 6.05. The molecule has 0 aliphatic carbocycles. The van der Waals surface area contributed by atoms with Gasteiger partial charge in [0.2, 0.25) is 11.8 Å². The fourth-order valence-corrected chi connectivity index (χ4v) is 3.01. The van der Waals surface area contributed by atoms with Crippen molar-refractivity contribution in [3.8, 4) is 0 Å². The molecule has 3 amide bonds. The molecular weight excluding hydrogens is 435 g/mol. The van der Waals surface area contributed by atoms with Crippen LogP contribution in [0.3, 0.4) is 0 Å². The Morgan fingerprint density at radius 1 is 0.758 bits per heavy atom. The van der Waals surface area contributed by atoms with Crippen LogP contribution in [0, 0.1) is 0 Å². The van der Waals surface area contributed by atoms with Gasteiger partial charge in [-0.3, -0.25) is 14.4 Å². The van der Waals surface area contributed by atoms with Crippen molar-refractivity contribution < 1.29 is 27.6 Å². The lowest BCUT2D eigenvalue weighted by Gasteiger charge is -2.11. The summed E-state index contributed by atoms with van der Waals surface area (Å²) in [6.45, 7) is 1.40. The van der Waals surface area contributed by atoms with E-state index in [4.69, 9.17) is 0 Å². The molecule has 9 heteroatoms. The number of alkyl halides is 3. The Morgan fingerprint density at radius 3 is 2.03 bits per heavy atom. The summed E-state index contributed by atoms with van der Waals surface area (Å²) < 4.78 is 38.6. The second-order valence-corrected chi connectivity index (χ2v) is 7.22. The number of rotatable bonds is 6. The van der Waals surface area contributed by atoms with Crippen LogP contribution < -0.4 is 16.0 Å². The molecule has 3 aromatic carbocycles. The van der Waals surface area contributed by atoms with E-state index < -0.39 is 17.6 Å². The first-order valence-corrected chi connectivity index (χ1v) is 9.85. The van der Waals surface area contributed by atoms with Crippen LogP contribution in [0.2, 0.25) is 0 Å². The third-order valence-corrected chi connectivity index (χ3v) is 4.50. The number of hydrogen-bond donors (Lipinski definition) is 3. The van der Waals surface area contributed by atoms with Gasteiger partial charge in [0, 0.05) is 29.5 Å². The zero-order chi connectivity index (χ0) is 24.0. The number of halogens is 3. The van der Waals surface area contributed by atoms with Crippen molar-refractivity contribution in [1.29, 1.82) is 0 Å². The minimum atomic E-state index is -4.52. The molecule has 0 spiro atoms. The van der Waals surface area contributed by atoms with Crippen LogP contribution in [0.5, 0.6) is 0 Å². The van der Waals surface area contributed by atoms with Gasteiger partial charge in [-0.05, 0) is 54.1 Å². The topological polar surface area (TPSA) is 87.3 Å². The molecule has 0 fully saturated rings. The standard InChI is InChI=1S/C24H20F3N3O3/c1-15(31)28-19-10-8-16(9-11-19)12-22(32)29-20-6-2-4-17(13-20)23(33)30-21-7-3-5-18(14-21)24(25,26)27/h2-11,13-14H,12H2,1H3,(H,28,31)(H,29,32)(H,30,33). The number of amides is 3. The highest BCUT2D eigenvalue weighted by atomic mass is 19.4. The number of carbonyl (C=O) groups excluding carboxylic acids is 3. The zero-order valence-electron chi connectivity index (χ0n) is 17.5. The average molecular weight is 455 g/mol. The predicted octanol–water partition coefficient (Wildman–Crippen LogP) is 5.10. The van der Waals surface area contributed by atoms with Crippen molar-refractivity contribution in [2.75, 3.05) is 16.0 Å². The molecule has 0 heterocycles. The highest BCUT2D eigenvalue weighted by Gasteiger charge is 2.30. The normalized spacial score (nSPS) is 10.9. The maximum absolute atomic E-state index is 12.9. The first-order chi connectivity index (χ1) is 15.6. The van der Waals surface area contributed by atoms with E-state index in [1.54, 1.807) is 36.4 Å². The van der Waals surface area contributed by atoms with Gasteiger partial charge in [-0.15, -0.1) is 0 Å². The second-order valence-electron chi connectivity index (χ2n) is 7.22. The first-order valence-electron chi connectivity index (χ1n) is 9.85. The van der Waals surface area contributed by atoms with Crippen molar-refractivity contribution in [2.45, 2.75) is 19.5 Å². The maximum Gasteiger partial charge on any atom is 0.416 e. The molecule has 3 rings (SSSR count). The van der Waals surface area contributed by atoms with Crippen molar-refractivity contribution in [3.05, 3.63) is 89.5 Å². The van der Waals surface area contributed by atoms with Gasteiger partial charge in [0.25, 0.3) is 5.91 Å². The summed E-state index contributed by atoms with van der Waals surface area (Å²) in [7, 11) is 0. The van der Waals surface area contributed by atoms with Crippen molar-refractivity contribution in [3.63, 3.8) is 0 Å². The Hall–Kier alpha value is -4.14. The van der Waals surface area contributed by atoms with Gasteiger partial charge < -0.3 is 16.0 Å². The van der Waals surface area contributed by atoms with E-state index in [1.165, 1.54) is 31.2 Å². The van der Waals surface area contributed by atoms with Crippen LogP contribution in [-0.4, -0.2) is 17.7 Å². The Balaban J connectivity index is 1.62. The van der Waals surface area contributed by atoms with Gasteiger partial charge >= 0.3 is 6.18 Å². The van der Waals surface area contributed by atoms with Gasteiger partial charge in [-0.1, -0.05) is 24.3 Å². The Labute approximate surface area is 187 Å². The van der Waals surface area contributed by atoms with Gasteiger partial charge in [0.15, 0.2) is 0 Å². The van der Waals surface area contributed by atoms with E-state index in [0.717, 1.165) is 17.7 Å². The minimum absolute atomic E-state index is 0.00646. The van der Waals surface area contributed by atoms with Gasteiger partial charge in [0.1, 0.15) is 0 Å². The van der Waals surface area contributed by atoms with E-state index >= 15 is 0 Å². The van der Waals surface area contributed by atoms with Gasteiger partial charge in [-0.25, -0.2) is 0 Å². The summed E-state index contributed by atoms with van der Waals surface area (Å²) >= 11 is 0. The van der Waals surface area contributed by atoms with Crippen LogP contribution >= 0.6 is 0 Å². The molecule has 6 nitrogen and oxygen atoms in total. The SMILES string of the molecule is CC(=O)Nc1ccc(CC(=O)Nc2cccc(C(=O)Nc3cccc(C(F)(F)F)c3)c2)cc1. The maximum atomic E-state index is 12.9. The summed E-state index contributed by atoms with van der Waals surface area (Å²) in [5, 5.41) is 7.75. The van der Waals surface area contributed by atoms with Crippen LogP contribution in [0.15, 0.2) is 72.8 Å². The molecule has 0 bridgehead atoms. The fourth-order valence-electron chi connectivity index (χ4n) is 3.01. The highest BCUT2D eigenvalue weighted by Crippen LogP contribution is 2.30. The molecule has 33 heavy (non-hydrogen) atoms. The van der Waals surface area contributed by atoms with E-state index in [9.17, 15) is 27.6 Å². The molecule has 0 radical (unpaired) electrons. The third kappa shape index (κ3) is 6.93. The summed E-state index contributed by atoms with van der Waals surface area (Å²) in [4.78, 5) is 35.9. The third-order valence-electron chi connectivity index (χ3n) is 4.50. The summed E-state index contributed by atoms with van der Waals surface area (Å²) in [5.41, 5.74) is 1.01. The van der Waals surface area contributed by atoms with Crippen LogP contribution in [0.25, 0.3) is 0 Å². The Bertz CT molecular complexity index is 1180. The van der Waals surface area contributed by atoms with Gasteiger partial charge in [0.05, 0.1) is 12.0 Å². The molecular formula is C24H20F3N3O3. The molecule has 0 atom stereocenters. The smallest absolute Gasteiger partial charge is 0.326 e. The second kappa shape index (κ2) is 9.99. The molecule has 0 aliphatic rings. The van der Waals surface area contributed by atoms with Crippen molar-refractivity contribution in [2.24, 2.45) is 0 Å². The molecule has 0 aromatic heterocycles. The summed E-state index contributed by atoms with van der Waals surface area (Å²) in [6, 6.07) is 17.2. The lowest BCUT2D eigenvalue weighted by Crippen LogP contribution is -2.16. The van der Waals surface area contributed by atoms with E-state index in [0.29, 0.717) is 11.4 Å². The predicted molar refractivity (Wildman–Crippen MR) is 119 cm³/mol. The van der Waals surface area contributed by atoms with Crippen molar-refractivity contribution >= 4 is 34.8 Å². The monoisotopic (exact) mass is 455 g/mol. The largest absolute Gasteiger partial charge is 0.416 e.